The van der Waals surface area contributed by atoms with Crippen LogP contribution in [-0.2, 0) is 0 Å². The van der Waals surface area contributed by atoms with Crippen LogP contribution in [0.15, 0.2) is 18.2 Å². The van der Waals surface area contributed by atoms with Gasteiger partial charge in [0, 0.05) is 6.42 Å². The Labute approximate surface area is 95.4 Å². The normalized spacial score (nSPS) is 15.3. The lowest BCUT2D eigenvalue weighted by atomic mass is 10.0. The molecule has 86 valence electrons. The number of hydrogen-bond acceptors (Lipinski definition) is 3. The third kappa shape index (κ3) is 2.35. The number of fused-ring (bicyclic) bond motifs is 1. The van der Waals surface area contributed by atoms with Crippen LogP contribution in [0, 0.1) is 0 Å². The highest BCUT2D eigenvalue weighted by atomic mass is 16.5. The molecule has 1 heterocycles. The van der Waals surface area contributed by atoms with Crippen LogP contribution >= 0.6 is 0 Å². The van der Waals surface area contributed by atoms with Crippen molar-refractivity contribution in [2.24, 2.45) is 0 Å². The molecular formula is C13H16O3. The van der Waals surface area contributed by atoms with E-state index in [-0.39, 0.29) is 11.4 Å². The molecule has 0 fully saturated rings. The number of hydrogen-bond donors (Lipinski definition) is 0. The van der Waals surface area contributed by atoms with E-state index in [1.54, 1.807) is 12.1 Å². The number of Topliss-reactive ketones (excluding diaryl/α,β-unsaturated/α-hetero) is 1. The third-order valence-corrected chi connectivity index (χ3v) is 2.26. The van der Waals surface area contributed by atoms with E-state index in [1.165, 1.54) is 0 Å². The Morgan fingerprint density at radius 2 is 2.06 bits per heavy atom. The molecule has 1 aliphatic rings. The van der Waals surface area contributed by atoms with Gasteiger partial charge in [-0.3, -0.25) is 4.79 Å². The highest BCUT2D eigenvalue weighted by Gasteiger charge is 2.20. The van der Waals surface area contributed by atoms with E-state index in [4.69, 9.17) is 9.47 Å². The summed E-state index contributed by atoms with van der Waals surface area (Å²) in [7, 11) is 0. The minimum absolute atomic E-state index is 0.126. The van der Waals surface area contributed by atoms with Crippen molar-refractivity contribution in [2.75, 3.05) is 6.61 Å². The number of carbonyl (C=O) groups excluding carboxylic acids is 1. The fourth-order valence-corrected chi connectivity index (χ4v) is 1.66. The second-order valence-corrected chi connectivity index (χ2v) is 4.89. The summed E-state index contributed by atoms with van der Waals surface area (Å²) in [6.07, 6.45) is 0.450. The molecule has 2 rings (SSSR count). The molecule has 3 heteroatoms. The summed E-state index contributed by atoms with van der Waals surface area (Å²) in [4.78, 5) is 11.7. The van der Waals surface area contributed by atoms with Gasteiger partial charge in [0.15, 0.2) is 5.78 Å². The van der Waals surface area contributed by atoms with Gasteiger partial charge < -0.3 is 9.47 Å². The molecule has 16 heavy (non-hydrogen) atoms. The maximum Gasteiger partial charge on any atom is 0.170 e. The van der Waals surface area contributed by atoms with Gasteiger partial charge in [-0.15, -0.1) is 0 Å². The second kappa shape index (κ2) is 3.81. The zero-order valence-electron chi connectivity index (χ0n) is 9.87. The second-order valence-electron chi connectivity index (χ2n) is 4.89. The van der Waals surface area contributed by atoms with Crippen molar-refractivity contribution in [2.45, 2.75) is 32.8 Å². The van der Waals surface area contributed by atoms with Crippen LogP contribution in [0.4, 0.5) is 0 Å². The van der Waals surface area contributed by atoms with Gasteiger partial charge in [-0.1, -0.05) is 0 Å². The highest BCUT2D eigenvalue weighted by molar-refractivity contribution is 5.99. The Hall–Kier alpha value is -1.51. The predicted molar refractivity (Wildman–Crippen MR) is 61.3 cm³/mol. The smallest absolute Gasteiger partial charge is 0.170 e. The van der Waals surface area contributed by atoms with Gasteiger partial charge in [0.2, 0.25) is 0 Å². The average Bonchev–Trinajstić information content (AvgIpc) is 2.17. The van der Waals surface area contributed by atoms with E-state index in [9.17, 15) is 4.79 Å². The lowest BCUT2D eigenvalue weighted by Gasteiger charge is -2.23. The summed E-state index contributed by atoms with van der Waals surface area (Å²) >= 11 is 0. The molecule has 1 aliphatic heterocycles. The van der Waals surface area contributed by atoms with E-state index >= 15 is 0 Å². The van der Waals surface area contributed by atoms with Crippen LogP contribution < -0.4 is 9.47 Å². The van der Waals surface area contributed by atoms with Crippen LogP contribution in [0.3, 0.4) is 0 Å². The molecule has 0 unspecified atom stereocenters. The summed E-state index contributed by atoms with van der Waals surface area (Å²) in [6, 6.07) is 5.40. The number of ether oxygens (including phenoxy) is 2. The summed E-state index contributed by atoms with van der Waals surface area (Å²) in [5, 5.41) is 0. The predicted octanol–water partition coefficient (Wildman–Crippen LogP) is 2.83. The molecule has 0 spiro atoms. The van der Waals surface area contributed by atoms with Gasteiger partial charge in [0.25, 0.3) is 0 Å². The molecule has 0 aromatic heterocycles. The van der Waals surface area contributed by atoms with Crippen LogP contribution in [-0.4, -0.2) is 18.0 Å². The van der Waals surface area contributed by atoms with Gasteiger partial charge in [-0.2, -0.15) is 0 Å². The lowest BCUT2D eigenvalue weighted by molar-refractivity contribution is 0.0929. The summed E-state index contributed by atoms with van der Waals surface area (Å²) < 4.78 is 11.1. The van der Waals surface area contributed by atoms with Crippen molar-refractivity contribution < 1.29 is 14.3 Å². The maximum atomic E-state index is 11.7. The van der Waals surface area contributed by atoms with Crippen LogP contribution in [0.5, 0.6) is 11.5 Å². The molecule has 0 N–H and O–H groups in total. The number of carbonyl (C=O) groups is 1. The fourth-order valence-electron chi connectivity index (χ4n) is 1.66. The van der Waals surface area contributed by atoms with E-state index in [1.807, 2.05) is 26.8 Å². The molecule has 1 aromatic carbocycles. The van der Waals surface area contributed by atoms with E-state index in [2.05, 4.69) is 0 Å². The molecule has 0 radical (unpaired) electrons. The van der Waals surface area contributed by atoms with Gasteiger partial charge in [0.05, 0.1) is 12.2 Å². The first-order valence-corrected chi connectivity index (χ1v) is 5.45. The Balaban J connectivity index is 2.31. The van der Waals surface area contributed by atoms with Crippen LogP contribution in [0.2, 0.25) is 0 Å². The molecule has 0 atom stereocenters. The largest absolute Gasteiger partial charge is 0.492 e. The zero-order chi connectivity index (χ0) is 11.8. The first-order chi connectivity index (χ1) is 7.46. The first-order valence-electron chi connectivity index (χ1n) is 5.45. The molecule has 1 aromatic rings. The minimum atomic E-state index is -0.257. The summed E-state index contributed by atoms with van der Waals surface area (Å²) in [5.74, 6) is 1.50. The van der Waals surface area contributed by atoms with Gasteiger partial charge in [-0.25, -0.2) is 0 Å². The average molecular weight is 220 g/mol. The van der Waals surface area contributed by atoms with E-state index < -0.39 is 0 Å². The molecule has 0 bridgehead atoms. The number of benzene rings is 1. The molecule has 0 saturated carbocycles. The molecule has 0 amide bonds. The SMILES string of the molecule is CC(C)(C)Oc1ccc2c(c1)C(=O)CCO2. The molecule has 0 aliphatic carbocycles. The third-order valence-electron chi connectivity index (χ3n) is 2.26. The quantitative estimate of drug-likeness (QED) is 0.730. The van der Waals surface area contributed by atoms with Crippen molar-refractivity contribution in [1.82, 2.24) is 0 Å². The highest BCUT2D eigenvalue weighted by Crippen LogP contribution is 2.30. The zero-order valence-corrected chi connectivity index (χ0v) is 9.87. The topological polar surface area (TPSA) is 35.5 Å². The minimum Gasteiger partial charge on any atom is -0.492 e. The molecular weight excluding hydrogens is 204 g/mol. The maximum absolute atomic E-state index is 11.7. The van der Waals surface area contributed by atoms with Crippen molar-refractivity contribution in [1.29, 1.82) is 0 Å². The Morgan fingerprint density at radius 1 is 1.31 bits per heavy atom. The van der Waals surface area contributed by atoms with Gasteiger partial charge in [0.1, 0.15) is 17.1 Å². The summed E-state index contributed by atoms with van der Waals surface area (Å²) in [5.41, 5.74) is 0.375. The van der Waals surface area contributed by atoms with Crippen molar-refractivity contribution in [3.05, 3.63) is 23.8 Å². The molecule has 0 saturated heterocycles. The Morgan fingerprint density at radius 3 is 2.75 bits per heavy atom. The monoisotopic (exact) mass is 220 g/mol. The number of ketones is 1. The van der Waals surface area contributed by atoms with Gasteiger partial charge >= 0.3 is 0 Å². The Kier molecular flexibility index (Phi) is 2.62. The van der Waals surface area contributed by atoms with Crippen molar-refractivity contribution in [3.63, 3.8) is 0 Å². The van der Waals surface area contributed by atoms with E-state index in [0.717, 1.165) is 0 Å². The fraction of sp³-hybridized carbons (Fsp3) is 0.462. The van der Waals surface area contributed by atoms with E-state index in [0.29, 0.717) is 30.1 Å². The number of rotatable bonds is 1. The first kappa shape index (κ1) is 11.0. The van der Waals surface area contributed by atoms with Crippen molar-refractivity contribution in [3.8, 4) is 11.5 Å². The standard InChI is InChI=1S/C13H16O3/c1-13(2,3)16-9-4-5-12-10(8-9)11(14)6-7-15-12/h4-5,8H,6-7H2,1-3H3. The van der Waals surface area contributed by atoms with Crippen LogP contribution in [0.25, 0.3) is 0 Å². The Bertz CT molecular complexity index is 416. The van der Waals surface area contributed by atoms with Crippen molar-refractivity contribution >= 4 is 5.78 Å². The van der Waals surface area contributed by atoms with Crippen LogP contribution in [0.1, 0.15) is 37.6 Å². The lowest BCUT2D eigenvalue weighted by Crippen LogP contribution is -2.23. The van der Waals surface area contributed by atoms with Gasteiger partial charge in [-0.05, 0) is 39.0 Å². The molecule has 3 nitrogen and oxygen atoms in total. The summed E-state index contributed by atoms with van der Waals surface area (Å²) in [6.45, 7) is 6.41.